The Morgan fingerprint density at radius 1 is 1.44 bits per heavy atom. The number of rotatable bonds is 7. The summed E-state index contributed by atoms with van der Waals surface area (Å²) in [6.07, 6.45) is 2.52. The van der Waals surface area contributed by atoms with Crippen LogP contribution in [0, 0.1) is 17.7 Å². The molecule has 0 amide bonds. The first kappa shape index (κ1) is 13.0. The fraction of sp³-hybridized carbons (Fsp3) is 0.500. The number of carbonyl (C=O) groups is 1. The van der Waals surface area contributed by atoms with E-state index in [1.807, 2.05) is 0 Å². The Labute approximate surface area is 106 Å². The number of carboxylic acids is 1. The number of hydrogen-bond acceptors (Lipinski definition) is 2. The minimum atomic E-state index is -0.936. The summed E-state index contributed by atoms with van der Waals surface area (Å²) in [5.74, 6) is -1.37. The lowest BCUT2D eigenvalue weighted by Crippen LogP contribution is -2.23. The van der Waals surface area contributed by atoms with Crippen molar-refractivity contribution < 1.29 is 19.0 Å². The average Bonchev–Trinajstić information content (AvgIpc) is 3.14. The molecule has 0 radical (unpaired) electrons. The monoisotopic (exact) mass is 252 g/mol. The first-order valence-corrected chi connectivity index (χ1v) is 6.20. The van der Waals surface area contributed by atoms with E-state index in [-0.39, 0.29) is 18.8 Å². The summed E-state index contributed by atoms with van der Waals surface area (Å²) < 4.78 is 18.8. The zero-order valence-corrected chi connectivity index (χ0v) is 10.1. The van der Waals surface area contributed by atoms with Crippen LogP contribution < -0.4 is 0 Å². The predicted octanol–water partition coefficient (Wildman–Crippen LogP) is 2.50. The molecule has 0 bridgehead atoms. The summed E-state index contributed by atoms with van der Waals surface area (Å²) in [5.41, 5.74) is 0.430. The number of carboxylic acid groups (broad SMARTS) is 1. The van der Waals surface area contributed by atoms with Crippen molar-refractivity contribution in [3.05, 3.63) is 35.6 Å². The third-order valence-corrected chi connectivity index (χ3v) is 3.14. The number of halogens is 1. The molecule has 4 heteroatoms. The maximum atomic E-state index is 13.4. The molecule has 98 valence electrons. The molecule has 1 aliphatic carbocycles. The van der Waals surface area contributed by atoms with Gasteiger partial charge >= 0.3 is 5.97 Å². The number of hydrogen-bond donors (Lipinski definition) is 1. The maximum absolute atomic E-state index is 13.4. The molecule has 1 atom stereocenters. The molecule has 0 heterocycles. The molecule has 1 aromatic rings. The van der Waals surface area contributed by atoms with E-state index in [1.165, 1.54) is 18.9 Å². The van der Waals surface area contributed by atoms with Crippen LogP contribution in [0.1, 0.15) is 18.4 Å². The average molecular weight is 252 g/mol. The standard InChI is InChI=1S/C14H17FO3/c15-13-4-2-1-3-11(13)7-12(14(16)17)9-18-8-10-5-6-10/h1-4,10,12H,5-9H2,(H,16,17). The van der Waals surface area contributed by atoms with Gasteiger partial charge in [0, 0.05) is 6.61 Å². The highest BCUT2D eigenvalue weighted by atomic mass is 19.1. The van der Waals surface area contributed by atoms with Crippen molar-refractivity contribution in [1.29, 1.82) is 0 Å². The van der Waals surface area contributed by atoms with E-state index in [1.54, 1.807) is 18.2 Å². The smallest absolute Gasteiger partial charge is 0.309 e. The SMILES string of the molecule is O=C(O)C(COCC1CC1)Cc1ccccc1F. The molecular weight excluding hydrogens is 235 g/mol. The van der Waals surface area contributed by atoms with Gasteiger partial charge in [0.2, 0.25) is 0 Å². The second-order valence-corrected chi connectivity index (χ2v) is 4.81. The van der Waals surface area contributed by atoms with Crippen molar-refractivity contribution in [1.82, 2.24) is 0 Å². The van der Waals surface area contributed by atoms with E-state index < -0.39 is 11.9 Å². The Morgan fingerprint density at radius 2 is 2.17 bits per heavy atom. The van der Waals surface area contributed by atoms with Crippen molar-refractivity contribution in [2.75, 3.05) is 13.2 Å². The number of ether oxygens (including phenoxy) is 1. The molecule has 1 N–H and O–H groups in total. The lowest BCUT2D eigenvalue weighted by atomic mass is 10.00. The Bertz CT molecular complexity index is 415. The summed E-state index contributed by atoms with van der Waals surface area (Å²) in [6, 6.07) is 6.27. The second-order valence-electron chi connectivity index (χ2n) is 4.81. The van der Waals surface area contributed by atoms with E-state index in [0.29, 0.717) is 18.1 Å². The van der Waals surface area contributed by atoms with Gasteiger partial charge in [0.1, 0.15) is 5.82 Å². The molecule has 1 aliphatic rings. The van der Waals surface area contributed by atoms with E-state index in [0.717, 1.165) is 0 Å². The van der Waals surface area contributed by atoms with Crippen LogP contribution in [0.25, 0.3) is 0 Å². The first-order chi connectivity index (χ1) is 8.66. The quantitative estimate of drug-likeness (QED) is 0.811. The molecule has 0 saturated heterocycles. The van der Waals surface area contributed by atoms with Gasteiger partial charge in [-0.1, -0.05) is 18.2 Å². The fourth-order valence-corrected chi connectivity index (χ4v) is 1.81. The number of benzene rings is 1. The van der Waals surface area contributed by atoms with Gasteiger partial charge in [0.15, 0.2) is 0 Å². The highest BCUT2D eigenvalue weighted by molar-refractivity contribution is 5.70. The molecule has 1 aromatic carbocycles. The molecule has 0 spiro atoms. The van der Waals surface area contributed by atoms with E-state index >= 15 is 0 Å². The molecule has 1 fully saturated rings. The van der Waals surface area contributed by atoms with Gasteiger partial charge in [-0.2, -0.15) is 0 Å². The van der Waals surface area contributed by atoms with E-state index in [2.05, 4.69) is 0 Å². The van der Waals surface area contributed by atoms with Gasteiger partial charge in [-0.25, -0.2) is 4.39 Å². The van der Waals surface area contributed by atoms with Crippen molar-refractivity contribution in [2.45, 2.75) is 19.3 Å². The van der Waals surface area contributed by atoms with Crippen LogP contribution in [0.2, 0.25) is 0 Å². The fourth-order valence-electron chi connectivity index (χ4n) is 1.81. The Kier molecular flexibility index (Phi) is 4.31. The molecule has 0 aliphatic heterocycles. The molecular formula is C14H17FO3. The third kappa shape index (κ3) is 3.81. The van der Waals surface area contributed by atoms with Gasteiger partial charge in [0.05, 0.1) is 12.5 Å². The predicted molar refractivity (Wildman–Crippen MR) is 64.8 cm³/mol. The largest absolute Gasteiger partial charge is 0.481 e. The zero-order chi connectivity index (χ0) is 13.0. The molecule has 18 heavy (non-hydrogen) atoms. The summed E-state index contributed by atoms with van der Waals surface area (Å²) in [5, 5.41) is 9.10. The van der Waals surface area contributed by atoms with Crippen LogP contribution >= 0.6 is 0 Å². The first-order valence-electron chi connectivity index (χ1n) is 6.20. The molecule has 1 unspecified atom stereocenters. The van der Waals surface area contributed by atoms with Crippen molar-refractivity contribution >= 4 is 5.97 Å². The van der Waals surface area contributed by atoms with Gasteiger partial charge in [-0.3, -0.25) is 4.79 Å². The van der Waals surface area contributed by atoms with Crippen LogP contribution in [0.3, 0.4) is 0 Å². The summed E-state index contributed by atoms with van der Waals surface area (Å²) in [4.78, 5) is 11.1. The van der Waals surface area contributed by atoms with Crippen LogP contribution in [0.15, 0.2) is 24.3 Å². The topological polar surface area (TPSA) is 46.5 Å². The van der Waals surface area contributed by atoms with Gasteiger partial charge in [0.25, 0.3) is 0 Å². The Morgan fingerprint density at radius 3 is 2.78 bits per heavy atom. The number of aliphatic carboxylic acids is 1. The van der Waals surface area contributed by atoms with Crippen molar-refractivity contribution in [3.63, 3.8) is 0 Å². The highest BCUT2D eigenvalue weighted by Crippen LogP contribution is 2.29. The normalized spacial score (nSPS) is 16.5. The minimum absolute atomic E-state index is 0.153. The Balaban J connectivity index is 1.88. The Hall–Kier alpha value is -1.42. The minimum Gasteiger partial charge on any atom is -0.481 e. The van der Waals surface area contributed by atoms with Gasteiger partial charge < -0.3 is 9.84 Å². The molecule has 1 saturated carbocycles. The van der Waals surface area contributed by atoms with Gasteiger partial charge in [-0.05, 0) is 36.8 Å². The molecule has 0 aromatic heterocycles. The highest BCUT2D eigenvalue weighted by Gasteiger charge is 2.24. The van der Waals surface area contributed by atoms with Gasteiger partial charge in [-0.15, -0.1) is 0 Å². The third-order valence-electron chi connectivity index (χ3n) is 3.14. The van der Waals surface area contributed by atoms with Crippen LogP contribution in [-0.4, -0.2) is 24.3 Å². The lowest BCUT2D eigenvalue weighted by molar-refractivity contribution is -0.143. The van der Waals surface area contributed by atoms with E-state index in [9.17, 15) is 9.18 Å². The summed E-state index contributed by atoms with van der Waals surface area (Å²) in [6.45, 7) is 0.779. The van der Waals surface area contributed by atoms with Crippen LogP contribution in [-0.2, 0) is 16.0 Å². The lowest BCUT2D eigenvalue weighted by Gasteiger charge is -2.13. The maximum Gasteiger partial charge on any atom is 0.309 e. The summed E-state index contributed by atoms with van der Waals surface area (Å²) >= 11 is 0. The van der Waals surface area contributed by atoms with E-state index in [4.69, 9.17) is 9.84 Å². The zero-order valence-electron chi connectivity index (χ0n) is 10.1. The molecule has 3 nitrogen and oxygen atoms in total. The van der Waals surface area contributed by atoms with Crippen molar-refractivity contribution in [3.8, 4) is 0 Å². The van der Waals surface area contributed by atoms with Crippen molar-refractivity contribution in [2.24, 2.45) is 11.8 Å². The second kappa shape index (κ2) is 5.96. The molecule has 2 rings (SSSR count). The van der Waals surface area contributed by atoms with Crippen LogP contribution in [0.4, 0.5) is 4.39 Å². The summed E-state index contributed by atoms with van der Waals surface area (Å²) in [7, 11) is 0. The van der Waals surface area contributed by atoms with Crippen LogP contribution in [0.5, 0.6) is 0 Å².